The number of aliphatic hydroxyl groups is 1. The molecule has 3 heterocycles. The summed E-state index contributed by atoms with van der Waals surface area (Å²) >= 11 is 0. The zero-order valence-corrected chi connectivity index (χ0v) is 20.3. The fraction of sp³-hybridized carbons (Fsp3) is 0.615. The minimum Gasteiger partial charge on any atom is -0.493 e. The fourth-order valence-corrected chi connectivity index (χ4v) is 6.98. The first kappa shape index (κ1) is 22.8. The number of hydrogen-bond acceptors (Lipinski definition) is 9. The molecule has 2 N–H and O–H groups in total. The Morgan fingerprint density at radius 1 is 1.34 bits per heavy atom. The number of hydrogen-bond donors (Lipinski definition) is 2. The summed E-state index contributed by atoms with van der Waals surface area (Å²) in [5, 5.41) is 15.3. The van der Waals surface area contributed by atoms with Crippen molar-refractivity contribution in [2.24, 2.45) is 0 Å². The monoisotopic (exact) mass is 484 g/mol. The van der Waals surface area contributed by atoms with Crippen LogP contribution in [0.5, 0.6) is 11.5 Å². The summed E-state index contributed by atoms with van der Waals surface area (Å²) in [7, 11) is 3.64. The molecule has 1 aromatic carbocycles. The molecule has 9 heteroatoms. The van der Waals surface area contributed by atoms with Crippen LogP contribution in [0.15, 0.2) is 24.0 Å². The van der Waals surface area contributed by atoms with Crippen LogP contribution in [-0.4, -0.2) is 79.1 Å². The second-order valence-corrected chi connectivity index (χ2v) is 10.4. The van der Waals surface area contributed by atoms with Gasteiger partial charge in [-0.1, -0.05) is 6.07 Å². The minimum atomic E-state index is -1.07. The molecule has 3 aliphatic heterocycles. The number of likely N-dealkylation sites (N-methyl/N-ethyl adjacent to an activating group) is 1. The molecule has 0 radical (unpaired) electrons. The average molecular weight is 485 g/mol. The van der Waals surface area contributed by atoms with Crippen molar-refractivity contribution in [2.75, 3.05) is 27.2 Å². The van der Waals surface area contributed by atoms with Crippen molar-refractivity contribution in [1.82, 2.24) is 10.2 Å². The summed E-state index contributed by atoms with van der Waals surface area (Å²) in [4.78, 5) is 27.6. The van der Waals surface area contributed by atoms with Crippen LogP contribution in [-0.2, 0) is 30.9 Å². The Morgan fingerprint density at radius 2 is 2.17 bits per heavy atom. The van der Waals surface area contributed by atoms with Gasteiger partial charge < -0.3 is 34.3 Å². The van der Waals surface area contributed by atoms with E-state index in [1.165, 1.54) is 6.92 Å². The molecule has 2 bridgehead atoms. The number of esters is 2. The molecule has 1 aromatic rings. The van der Waals surface area contributed by atoms with Gasteiger partial charge in [-0.3, -0.25) is 4.79 Å². The maximum absolute atomic E-state index is 13.0. The molecule has 0 aromatic heterocycles. The van der Waals surface area contributed by atoms with Crippen molar-refractivity contribution in [2.45, 2.75) is 74.3 Å². The lowest BCUT2D eigenvalue weighted by Crippen LogP contribution is -2.74. The molecule has 0 saturated carbocycles. The van der Waals surface area contributed by atoms with E-state index in [0.29, 0.717) is 42.9 Å². The number of ether oxygens (including phenoxy) is 4. The Morgan fingerprint density at radius 3 is 2.91 bits per heavy atom. The fourth-order valence-electron chi connectivity index (χ4n) is 6.98. The first-order valence-electron chi connectivity index (χ1n) is 12.5. The summed E-state index contributed by atoms with van der Waals surface area (Å²) in [5.74, 6) is 0.477. The van der Waals surface area contributed by atoms with E-state index < -0.39 is 35.2 Å². The summed E-state index contributed by atoms with van der Waals surface area (Å²) in [6.07, 6.45) is 3.33. The highest BCUT2D eigenvalue weighted by atomic mass is 16.6. The molecule has 2 unspecified atom stereocenters. The normalized spacial score (nSPS) is 35.4. The molecule has 2 saturated heterocycles. The molecule has 0 amide bonds. The SMILES string of the molecule is COc1ccc2c3c1O[C@H]1C(OC(=O)C(C)OC(=O)C4CCCN4)=CC[C@@]4(O)[C@@H](C2)N(C)CC[C@]314. The van der Waals surface area contributed by atoms with Gasteiger partial charge in [0.05, 0.1) is 18.1 Å². The van der Waals surface area contributed by atoms with Crippen LogP contribution in [0.25, 0.3) is 0 Å². The van der Waals surface area contributed by atoms with Crippen LogP contribution in [0.1, 0.15) is 43.7 Å². The number of likely N-dealkylation sites (tertiary alicyclic amines) is 1. The summed E-state index contributed by atoms with van der Waals surface area (Å²) in [6, 6.07) is 3.49. The average Bonchev–Trinajstić information content (AvgIpc) is 3.49. The van der Waals surface area contributed by atoms with E-state index in [-0.39, 0.29) is 12.1 Å². The van der Waals surface area contributed by atoms with Crippen LogP contribution in [0.4, 0.5) is 0 Å². The molecular weight excluding hydrogens is 452 g/mol. The van der Waals surface area contributed by atoms with Gasteiger partial charge in [0.25, 0.3) is 0 Å². The van der Waals surface area contributed by atoms with E-state index in [1.54, 1.807) is 13.2 Å². The Labute approximate surface area is 204 Å². The molecule has 5 aliphatic rings. The standard InChI is InChI=1S/C26H32N2O7/c1-14(33-24(30)16-5-4-11-27-16)23(29)34-18-8-9-26(31)19-13-15-6-7-17(32-3)21-20(15)25(26,22(18)35-21)10-12-28(19)2/h6-8,14,16,19,22,27,31H,4-5,9-13H2,1-3H3/t14?,16?,19-,22+,25+,26-/m1/s1. The predicted octanol–water partition coefficient (Wildman–Crippen LogP) is 1.20. The second-order valence-electron chi connectivity index (χ2n) is 10.4. The number of piperidine rings is 1. The van der Waals surface area contributed by atoms with Crippen molar-refractivity contribution >= 4 is 11.9 Å². The van der Waals surface area contributed by atoms with Crippen LogP contribution >= 0.6 is 0 Å². The Bertz CT molecular complexity index is 1110. The Hall–Kier alpha value is -2.62. The van der Waals surface area contributed by atoms with Crippen molar-refractivity contribution in [3.05, 3.63) is 35.1 Å². The highest BCUT2D eigenvalue weighted by Gasteiger charge is 2.72. The topological polar surface area (TPSA) is 107 Å². The number of methoxy groups -OCH3 is 1. The number of nitrogens with one attached hydrogen (secondary N) is 1. The molecule has 6 atom stereocenters. The third-order valence-corrected chi connectivity index (χ3v) is 8.75. The largest absolute Gasteiger partial charge is 0.493 e. The Balaban J connectivity index is 1.32. The van der Waals surface area contributed by atoms with E-state index in [0.717, 1.165) is 30.6 Å². The first-order valence-corrected chi connectivity index (χ1v) is 12.5. The lowest BCUT2D eigenvalue weighted by molar-refractivity contribution is -0.176. The van der Waals surface area contributed by atoms with Crippen LogP contribution < -0.4 is 14.8 Å². The van der Waals surface area contributed by atoms with E-state index in [4.69, 9.17) is 18.9 Å². The molecule has 1 spiro atoms. The predicted molar refractivity (Wildman–Crippen MR) is 124 cm³/mol. The molecule has 9 nitrogen and oxygen atoms in total. The highest BCUT2D eigenvalue weighted by molar-refractivity contribution is 5.82. The smallest absolute Gasteiger partial charge is 0.352 e. The number of carbonyl (C=O) groups is 2. The third kappa shape index (κ3) is 3.04. The van der Waals surface area contributed by atoms with Crippen molar-refractivity contribution in [1.29, 1.82) is 0 Å². The summed E-state index contributed by atoms with van der Waals surface area (Å²) in [5.41, 5.74) is 0.280. The van der Waals surface area contributed by atoms with Gasteiger partial charge in [0.2, 0.25) is 0 Å². The molecule has 35 heavy (non-hydrogen) atoms. The van der Waals surface area contributed by atoms with Crippen LogP contribution in [0.3, 0.4) is 0 Å². The number of carbonyl (C=O) groups excluding carboxylic acids is 2. The number of nitrogens with zero attached hydrogens (tertiary/aromatic N) is 1. The number of benzene rings is 1. The van der Waals surface area contributed by atoms with Gasteiger partial charge in [0.15, 0.2) is 23.7 Å². The van der Waals surface area contributed by atoms with Gasteiger partial charge in [0.1, 0.15) is 11.8 Å². The van der Waals surface area contributed by atoms with Gasteiger partial charge in [-0.05, 0) is 70.5 Å². The maximum atomic E-state index is 13.0. The summed E-state index contributed by atoms with van der Waals surface area (Å²) in [6.45, 7) is 3.06. The highest BCUT2D eigenvalue weighted by Crippen LogP contribution is 2.65. The minimum absolute atomic E-state index is 0.0820. The van der Waals surface area contributed by atoms with Crippen molar-refractivity contribution in [3.8, 4) is 11.5 Å². The van der Waals surface area contributed by atoms with Gasteiger partial charge in [-0.25, -0.2) is 4.79 Å². The van der Waals surface area contributed by atoms with E-state index >= 15 is 0 Å². The first-order chi connectivity index (χ1) is 16.8. The van der Waals surface area contributed by atoms with Gasteiger partial charge >= 0.3 is 11.9 Å². The van der Waals surface area contributed by atoms with E-state index in [9.17, 15) is 14.7 Å². The number of rotatable bonds is 5. The van der Waals surface area contributed by atoms with Crippen molar-refractivity contribution < 1.29 is 33.6 Å². The quantitative estimate of drug-likeness (QED) is 0.596. The van der Waals surface area contributed by atoms with E-state index in [1.807, 2.05) is 13.1 Å². The van der Waals surface area contributed by atoms with Gasteiger partial charge in [-0.2, -0.15) is 0 Å². The third-order valence-electron chi connectivity index (χ3n) is 8.75. The zero-order valence-electron chi connectivity index (χ0n) is 20.3. The summed E-state index contributed by atoms with van der Waals surface area (Å²) < 4.78 is 23.3. The van der Waals surface area contributed by atoms with Gasteiger partial charge in [0, 0.05) is 18.0 Å². The van der Waals surface area contributed by atoms with Crippen LogP contribution in [0, 0.1) is 0 Å². The van der Waals surface area contributed by atoms with E-state index in [2.05, 4.69) is 16.3 Å². The molecule has 2 aliphatic carbocycles. The molecule has 6 rings (SSSR count). The van der Waals surface area contributed by atoms with Gasteiger partial charge in [-0.15, -0.1) is 0 Å². The molecular formula is C26H32N2O7. The lowest BCUT2D eigenvalue weighted by atomic mass is 9.50. The van der Waals surface area contributed by atoms with Crippen LogP contribution in [0.2, 0.25) is 0 Å². The molecule has 188 valence electrons. The zero-order chi connectivity index (χ0) is 24.5. The van der Waals surface area contributed by atoms with Crippen molar-refractivity contribution in [3.63, 3.8) is 0 Å². The lowest BCUT2D eigenvalue weighted by Gasteiger charge is -2.61. The molecule has 2 fully saturated rings. The Kier molecular flexibility index (Phi) is 5.18. The second kappa shape index (κ2) is 7.94. The maximum Gasteiger partial charge on any atom is 0.352 e.